The van der Waals surface area contributed by atoms with Crippen LogP contribution in [0.5, 0.6) is 0 Å². The van der Waals surface area contributed by atoms with E-state index in [-0.39, 0.29) is 17.4 Å². The first-order valence-electron chi connectivity index (χ1n) is 11.0. The fraction of sp³-hybridized carbons (Fsp3) is 0.583. The van der Waals surface area contributed by atoms with E-state index in [0.29, 0.717) is 26.2 Å². The van der Waals surface area contributed by atoms with Crippen LogP contribution in [0, 0.1) is 5.41 Å². The molecule has 1 aromatic heterocycles. The molecule has 0 saturated carbocycles. The Bertz CT molecular complexity index is 820. The molecular formula is C24H35N3O3. The molecule has 6 heteroatoms. The summed E-state index contributed by atoms with van der Waals surface area (Å²) in [6.45, 7) is 13.9. The minimum atomic E-state index is -0.0628. The number of rotatable bonds is 7. The molecule has 1 aliphatic heterocycles. The van der Waals surface area contributed by atoms with Gasteiger partial charge in [-0.25, -0.2) is 0 Å². The predicted octanol–water partition coefficient (Wildman–Crippen LogP) is 4.74. The quantitative estimate of drug-likeness (QED) is 0.656. The molecule has 0 N–H and O–H groups in total. The Kier molecular flexibility index (Phi) is 7.19. The number of ether oxygens (including phenoxy) is 1. The average Bonchev–Trinajstić information content (AvgIpc) is 3.15. The zero-order valence-corrected chi connectivity index (χ0v) is 19.0. The maximum Gasteiger partial charge on any atom is 0.233 e. The van der Waals surface area contributed by atoms with Gasteiger partial charge in [-0.1, -0.05) is 63.2 Å². The van der Waals surface area contributed by atoms with Crippen LogP contribution in [0.2, 0.25) is 0 Å². The van der Waals surface area contributed by atoms with Crippen LogP contribution in [0.25, 0.3) is 11.3 Å². The summed E-state index contributed by atoms with van der Waals surface area (Å²) < 4.78 is 11.4. The topological polar surface area (TPSA) is 58.8 Å². The maximum absolute atomic E-state index is 13.3. The van der Waals surface area contributed by atoms with Crippen molar-refractivity contribution in [3.63, 3.8) is 0 Å². The highest BCUT2D eigenvalue weighted by atomic mass is 16.5. The molecular weight excluding hydrogens is 378 g/mol. The van der Waals surface area contributed by atoms with Crippen molar-refractivity contribution >= 4 is 11.8 Å². The summed E-state index contributed by atoms with van der Waals surface area (Å²) >= 11 is 0. The van der Waals surface area contributed by atoms with E-state index in [1.807, 2.05) is 35.2 Å². The SMILES string of the molecule is CC[C@H](C)N(Cc1c(-c2ccccc2)noc1N1CCOCC1)C(=O)CC(C)(C)C. The first kappa shape index (κ1) is 22.3. The van der Waals surface area contributed by atoms with Gasteiger partial charge in [0.2, 0.25) is 11.8 Å². The van der Waals surface area contributed by atoms with E-state index >= 15 is 0 Å². The van der Waals surface area contributed by atoms with Gasteiger partial charge in [0.15, 0.2) is 0 Å². The molecule has 1 atom stereocenters. The summed E-state index contributed by atoms with van der Waals surface area (Å²) in [4.78, 5) is 17.4. The molecule has 30 heavy (non-hydrogen) atoms. The molecule has 0 bridgehead atoms. The molecule has 1 saturated heterocycles. The molecule has 0 aliphatic carbocycles. The molecule has 1 amide bonds. The first-order chi connectivity index (χ1) is 14.3. The Hall–Kier alpha value is -2.34. The number of amides is 1. The lowest BCUT2D eigenvalue weighted by molar-refractivity contribution is -0.135. The molecule has 2 heterocycles. The summed E-state index contributed by atoms with van der Waals surface area (Å²) in [7, 11) is 0. The fourth-order valence-electron chi connectivity index (χ4n) is 3.72. The van der Waals surface area contributed by atoms with Crippen molar-refractivity contribution in [2.24, 2.45) is 5.41 Å². The number of carbonyl (C=O) groups excluding carboxylic acids is 1. The van der Waals surface area contributed by atoms with E-state index in [1.165, 1.54) is 0 Å². The monoisotopic (exact) mass is 413 g/mol. The summed E-state index contributed by atoms with van der Waals surface area (Å²) in [6, 6.07) is 10.2. The Morgan fingerprint density at radius 1 is 1.20 bits per heavy atom. The Morgan fingerprint density at radius 3 is 2.47 bits per heavy atom. The first-order valence-corrected chi connectivity index (χ1v) is 11.0. The third-order valence-corrected chi connectivity index (χ3v) is 5.57. The highest BCUT2D eigenvalue weighted by molar-refractivity contribution is 5.78. The molecule has 2 aromatic rings. The van der Waals surface area contributed by atoms with Gasteiger partial charge in [-0.3, -0.25) is 4.79 Å². The molecule has 0 unspecified atom stereocenters. The van der Waals surface area contributed by atoms with Crippen LogP contribution in [-0.2, 0) is 16.1 Å². The smallest absolute Gasteiger partial charge is 0.233 e. The van der Waals surface area contributed by atoms with Crippen molar-refractivity contribution in [2.45, 2.75) is 60.0 Å². The molecule has 0 radical (unpaired) electrons. The van der Waals surface area contributed by atoms with Crippen molar-refractivity contribution in [2.75, 3.05) is 31.2 Å². The summed E-state index contributed by atoms with van der Waals surface area (Å²) in [6.07, 6.45) is 1.41. The largest absolute Gasteiger partial charge is 0.378 e. The van der Waals surface area contributed by atoms with Gasteiger partial charge < -0.3 is 19.1 Å². The lowest BCUT2D eigenvalue weighted by Gasteiger charge is -2.32. The van der Waals surface area contributed by atoms with Crippen LogP contribution in [0.1, 0.15) is 53.0 Å². The van der Waals surface area contributed by atoms with Crippen LogP contribution in [0.15, 0.2) is 34.9 Å². The van der Waals surface area contributed by atoms with E-state index < -0.39 is 0 Å². The number of benzene rings is 1. The Labute approximate surface area is 180 Å². The van der Waals surface area contributed by atoms with Crippen LogP contribution in [-0.4, -0.2) is 48.3 Å². The van der Waals surface area contributed by atoms with E-state index in [9.17, 15) is 4.79 Å². The van der Waals surface area contributed by atoms with Crippen LogP contribution < -0.4 is 4.90 Å². The molecule has 1 fully saturated rings. The standard InChI is InChI=1S/C24H35N3O3/c1-6-18(2)27(21(28)16-24(3,4)5)17-20-22(19-10-8-7-9-11-19)25-30-23(20)26-12-14-29-15-13-26/h7-11,18H,6,12-17H2,1-5H3/t18-/m0/s1. The van der Waals surface area contributed by atoms with Gasteiger partial charge >= 0.3 is 0 Å². The average molecular weight is 414 g/mol. The third-order valence-electron chi connectivity index (χ3n) is 5.57. The number of aromatic nitrogens is 1. The van der Waals surface area contributed by atoms with Crippen molar-refractivity contribution in [1.82, 2.24) is 10.1 Å². The highest BCUT2D eigenvalue weighted by Gasteiger charge is 2.30. The van der Waals surface area contributed by atoms with Gasteiger partial charge in [0.1, 0.15) is 5.69 Å². The lowest BCUT2D eigenvalue weighted by atomic mass is 9.91. The number of morpholine rings is 1. The molecule has 6 nitrogen and oxygen atoms in total. The van der Waals surface area contributed by atoms with Crippen LogP contribution >= 0.6 is 0 Å². The third kappa shape index (κ3) is 5.42. The van der Waals surface area contributed by atoms with Crippen molar-refractivity contribution in [3.05, 3.63) is 35.9 Å². The number of carbonyl (C=O) groups is 1. The van der Waals surface area contributed by atoms with Gasteiger partial charge in [-0.05, 0) is 18.8 Å². The van der Waals surface area contributed by atoms with E-state index in [0.717, 1.165) is 42.2 Å². The van der Waals surface area contributed by atoms with Gasteiger partial charge in [-0.15, -0.1) is 0 Å². The highest BCUT2D eigenvalue weighted by Crippen LogP contribution is 2.34. The van der Waals surface area contributed by atoms with Crippen molar-refractivity contribution in [1.29, 1.82) is 0 Å². The molecule has 1 aromatic carbocycles. The zero-order chi connectivity index (χ0) is 21.7. The molecule has 0 spiro atoms. The van der Waals surface area contributed by atoms with E-state index in [2.05, 4.69) is 44.7 Å². The van der Waals surface area contributed by atoms with Gasteiger partial charge in [0, 0.05) is 31.1 Å². The fourth-order valence-corrected chi connectivity index (χ4v) is 3.72. The summed E-state index contributed by atoms with van der Waals surface area (Å²) in [5.41, 5.74) is 2.73. The summed E-state index contributed by atoms with van der Waals surface area (Å²) in [5.74, 6) is 0.930. The lowest BCUT2D eigenvalue weighted by Crippen LogP contribution is -2.40. The number of nitrogens with zero attached hydrogens (tertiary/aromatic N) is 3. The van der Waals surface area contributed by atoms with E-state index in [4.69, 9.17) is 9.26 Å². The number of hydrogen-bond acceptors (Lipinski definition) is 5. The molecule has 1 aliphatic rings. The van der Waals surface area contributed by atoms with Crippen LogP contribution in [0.4, 0.5) is 5.88 Å². The van der Waals surface area contributed by atoms with Gasteiger partial charge in [-0.2, -0.15) is 0 Å². The maximum atomic E-state index is 13.3. The van der Waals surface area contributed by atoms with Crippen LogP contribution in [0.3, 0.4) is 0 Å². The second kappa shape index (κ2) is 9.65. The summed E-state index contributed by atoms with van der Waals surface area (Å²) in [5, 5.41) is 4.44. The normalized spacial score (nSPS) is 15.8. The second-order valence-corrected chi connectivity index (χ2v) is 9.30. The van der Waals surface area contributed by atoms with Gasteiger partial charge in [0.25, 0.3) is 0 Å². The minimum absolute atomic E-state index is 0.0628. The number of anilines is 1. The Balaban J connectivity index is 1.99. The predicted molar refractivity (Wildman–Crippen MR) is 119 cm³/mol. The van der Waals surface area contributed by atoms with Crippen molar-refractivity contribution < 1.29 is 14.1 Å². The van der Waals surface area contributed by atoms with Crippen molar-refractivity contribution in [3.8, 4) is 11.3 Å². The second-order valence-electron chi connectivity index (χ2n) is 9.30. The van der Waals surface area contributed by atoms with E-state index in [1.54, 1.807) is 0 Å². The molecule has 3 rings (SSSR count). The zero-order valence-electron chi connectivity index (χ0n) is 19.0. The number of hydrogen-bond donors (Lipinski definition) is 0. The molecule has 164 valence electrons. The minimum Gasteiger partial charge on any atom is -0.378 e. The Morgan fingerprint density at radius 2 is 1.87 bits per heavy atom. The van der Waals surface area contributed by atoms with Gasteiger partial charge in [0.05, 0.1) is 25.3 Å².